The minimum Gasteiger partial charge on any atom is -0.493 e. The Bertz CT molecular complexity index is 900. The van der Waals surface area contributed by atoms with Gasteiger partial charge in [0.15, 0.2) is 11.3 Å². The lowest BCUT2D eigenvalue weighted by atomic mass is 9.84. The highest BCUT2D eigenvalue weighted by atomic mass is 35.5. The van der Waals surface area contributed by atoms with Crippen LogP contribution in [0.1, 0.15) is 12.0 Å². The van der Waals surface area contributed by atoms with Crippen molar-refractivity contribution in [2.24, 2.45) is 0 Å². The molecule has 1 saturated heterocycles. The fourth-order valence-electron chi connectivity index (χ4n) is 3.43. The van der Waals surface area contributed by atoms with Gasteiger partial charge < -0.3 is 14.8 Å². The third-order valence-electron chi connectivity index (χ3n) is 4.74. The Morgan fingerprint density at radius 1 is 1.11 bits per heavy atom. The average Bonchev–Trinajstić information content (AvgIpc) is 2.89. The van der Waals surface area contributed by atoms with E-state index in [9.17, 15) is 9.59 Å². The SMILES string of the molecule is O=C1N[C@]2(CCOc3ccccc32)C(=O)N1CCOc1c(Cl)cccc1Cl. The van der Waals surface area contributed by atoms with Crippen LogP contribution < -0.4 is 14.8 Å². The molecule has 1 fully saturated rings. The maximum Gasteiger partial charge on any atom is 0.325 e. The van der Waals surface area contributed by atoms with Crippen molar-refractivity contribution in [1.29, 1.82) is 0 Å². The topological polar surface area (TPSA) is 67.9 Å². The number of hydrogen-bond acceptors (Lipinski definition) is 4. The summed E-state index contributed by atoms with van der Waals surface area (Å²) in [4.78, 5) is 26.8. The van der Waals surface area contributed by atoms with Crippen LogP contribution in [0.2, 0.25) is 10.0 Å². The summed E-state index contributed by atoms with van der Waals surface area (Å²) < 4.78 is 11.2. The first-order chi connectivity index (χ1) is 13.0. The summed E-state index contributed by atoms with van der Waals surface area (Å²) in [5.74, 6) is 0.634. The van der Waals surface area contributed by atoms with Crippen molar-refractivity contribution in [3.63, 3.8) is 0 Å². The van der Waals surface area contributed by atoms with Gasteiger partial charge in [0.25, 0.3) is 5.91 Å². The van der Waals surface area contributed by atoms with Crippen LogP contribution in [-0.4, -0.2) is 36.6 Å². The number of halogens is 2. The number of nitrogens with zero attached hydrogens (tertiary/aromatic N) is 1. The van der Waals surface area contributed by atoms with Crippen molar-refractivity contribution in [2.75, 3.05) is 19.8 Å². The lowest BCUT2D eigenvalue weighted by molar-refractivity contribution is -0.132. The van der Waals surface area contributed by atoms with Crippen LogP contribution in [0.4, 0.5) is 4.79 Å². The fraction of sp³-hybridized carbons (Fsp3) is 0.263. The number of ether oxygens (including phenoxy) is 2. The first-order valence-corrected chi connectivity index (χ1v) is 9.22. The van der Waals surface area contributed by atoms with E-state index in [1.165, 1.54) is 0 Å². The highest BCUT2D eigenvalue weighted by molar-refractivity contribution is 6.37. The molecule has 0 saturated carbocycles. The number of nitrogens with one attached hydrogen (secondary N) is 1. The first kappa shape index (κ1) is 17.9. The van der Waals surface area contributed by atoms with Gasteiger partial charge in [0.2, 0.25) is 0 Å². The van der Waals surface area contributed by atoms with Gasteiger partial charge in [-0.2, -0.15) is 0 Å². The van der Waals surface area contributed by atoms with E-state index in [2.05, 4.69) is 5.32 Å². The average molecular weight is 407 g/mol. The minimum atomic E-state index is -1.09. The lowest BCUT2D eigenvalue weighted by Gasteiger charge is -2.33. The van der Waals surface area contributed by atoms with Crippen LogP contribution >= 0.6 is 23.2 Å². The van der Waals surface area contributed by atoms with Crippen molar-refractivity contribution in [2.45, 2.75) is 12.0 Å². The Morgan fingerprint density at radius 3 is 2.63 bits per heavy atom. The molecule has 0 radical (unpaired) electrons. The number of urea groups is 1. The van der Waals surface area contributed by atoms with Crippen molar-refractivity contribution in [3.8, 4) is 11.5 Å². The van der Waals surface area contributed by atoms with Crippen LogP contribution in [0.25, 0.3) is 0 Å². The van der Waals surface area contributed by atoms with E-state index in [-0.39, 0.29) is 19.1 Å². The number of hydrogen-bond donors (Lipinski definition) is 1. The molecule has 2 heterocycles. The Labute approximate surface area is 165 Å². The molecule has 1 spiro atoms. The van der Waals surface area contributed by atoms with Crippen molar-refractivity contribution in [3.05, 3.63) is 58.1 Å². The van der Waals surface area contributed by atoms with Gasteiger partial charge >= 0.3 is 6.03 Å². The van der Waals surface area contributed by atoms with Gasteiger partial charge in [-0.25, -0.2) is 4.79 Å². The number of imide groups is 1. The van der Waals surface area contributed by atoms with Crippen LogP contribution in [0.5, 0.6) is 11.5 Å². The lowest BCUT2D eigenvalue weighted by Crippen LogP contribution is -2.47. The highest BCUT2D eigenvalue weighted by Gasteiger charge is 2.54. The summed E-state index contributed by atoms with van der Waals surface area (Å²) in [6.45, 7) is 0.510. The molecule has 2 aromatic rings. The van der Waals surface area contributed by atoms with Crippen LogP contribution in [0, 0.1) is 0 Å². The molecule has 27 heavy (non-hydrogen) atoms. The molecule has 0 bridgehead atoms. The molecule has 1 N–H and O–H groups in total. The van der Waals surface area contributed by atoms with Gasteiger partial charge in [-0.15, -0.1) is 0 Å². The maximum absolute atomic E-state index is 13.1. The summed E-state index contributed by atoms with van der Waals surface area (Å²) in [6, 6.07) is 11.8. The second kappa shape index (κ2) is 6.94. The Morgan fingerprint density at radius 2 is 1.85 bits per heavy atom. The summed E-state index contributed by atoms with van der Waals surface area (Å²) in [5, 5.41) is 3.59. The van der Waals surface area contributed by atoms with E-state index in [1.54, 1.807) is 30.3 Å². The number of para-hydroxylation sites is 2. The fourth-order valence-corrected chi connectivity index (χ4v) is 3.94. The van der Waals surface area contributed by atoms with E-state index < -0.39 is 11.6 Å². The summed E-state index contributed by atoms with van der Waals surface area (Å²) in [5.41, 5.74) is -0.416. The van der Waals surface area contributed by atoms with Gasteiger partial charge in [-0.3, -0.25) is 9.69 Å². The third kappa shape index (κ3) is 2.99. The normalized spacial score (nSPS) is 21.0. The highest BCUT2D eigenvalue weighted by Crippen LogP contribution is 2.41. The molecule has 4 rings (SSSR count). The molecule has 1 atom stereocenters. The number of carbonyl (C=O) groups is 2. The van der Waals surface area contributed by atoms with Gasteiger partial charge in [0.1, 0.15) is 12.4 Å². The van der Waals surface area contributed by atoms with Crippen LogP contribution in [0.3, 0.4) is 0 Å². The molecule has 2 aromatic carbocycles. The van der Waals surface area contributed by atoms with E-state index in [1.807, 2.05) is 12.1 Å². The second-order valence-electron chi connectivity index (χ2n) is 6.29. The van der Waals surface area contributed by atoms with Gasteiger partial charge in [-0.1, -0.05) is 47.5 Å². The monoisotopic (exact) mass is 406 g/mol. The number of fused-ring (bicyclic) bond motifs is 2. The summed E-state index contributed by atoms with van der Waals surface area (Å²) in [7, 11) is 0. The Balaban J connectivity index is 1.51. The molecule has 0 aromatic heterocycles. The van der Waals surface area contributed by atoms with Gasteiger partial charge in [-0.05, 0) is 18.2 Å². The predicted octanol–water partition coefficient (Wildman–Crippen LogP) is 3.60. The standard InChI is InChI=1S/C19H16Cl2N2O4/c20-13-5-3-6-14(21)16(13)27-11-9-23-17(24)19(22-18(23)25)8-10-26-15-7-2-1-4-12(15)19/h1-7H,8-11H2,(H,22,25)/t19-/m0/s1. The zero-order valence-corrected chi connectivity index (χ0v) is 15.7. The molecule has 0 unspecified atom stereocenters. The van der Waals surface area contributed by atoms with E-state index in [4.69, 9.17) is 32.7 Å². The molecule has 2 aliphatic rings. The van der Waals surface area contributed by atoms with E-state index in [0.29, 0.717) is 40.1 Å². The molecule has 0 aliphatic carbocycles. The van der Waals surface area contributed by atoms with Gasteiger partial charge in [0.05, 0.1) is 23.2 Å². The van der Waals surface area contributed by atoms with E-state index >= 15 is 0 Å². The number of carbonyl (C=O) groups excluding carboxylic acids is 2. The molecule has 8 heteroatoms. The number of benzene rings is 2. The Hall–Kier alpha value is -2.44. The van der Waals surface area contributed by atoms with Crippen molar-refractivity contribution in [1.82, 2.24) is 10.2 Å². The van der Waals surface area contributed by atoms with Gasteiger partial charge in [0, 0.05) is 12.0 Å². The smallest absolute Gasteiger partial charge is 0.325 e. The summed E-state index contributed by atoms with van der Waals surface area (Å²) >= 11 is 12.1. The number of amides is 3. The van der Waals surface area contributed by atoms with Crippen molar-refractivity contribution >= 4 is 35.1 Å². The number of rotatable bonds is 4. The minimum absolute atomic E-state index is 0.0802. The van der Waals surface area contributed by atoms with Crippen LogP contribution in [0.15, 0.2) is 42.5 Å². The second-order valence-corrected chi connectivity index (χ2v) is 7.10. The zero-order valence-electron chi connectivity index (χ0n) is 14.2. The third-order valence-corrected chi connectivity index (χ3v) is 5.33. The zero-order chi connectivity index (χ0) is 19.0. The van der Waals surface area contributed by atoms with Crippen molar-refractivity contribution < 1.29 is 19.1 Å². The molecular formula is C19H16Cl2N2O4. The predicted molar refractivity (Wildman–Crippen MR) is 100 cm³/mol. The quantitative estimate of drug-likeness (QED) is 0.787. The molecular weight excluding hydrogens is 391 g/mol. The molecule has 3 amide bonds. The van der Waals surface area contributed by atoms with Crippen LogP contribution in [-0.2, 0) is 10.3 Å². The van der Waals surface area contributed by atoms with E-state index in [0.717, 1.165) is 4.90 Å². The molecule has 140 valence electrons. The first-order valence-electron chi connectivity index (χ1n) is 8.46. The Kier molecular flexibility index (Phi) is 4.61. The maximum atomic E-state index is 13.1. The largest absolute Gasteiger partial charge is 0.493 e. The molecule has 2 aliphatic heterocycles. The summed E-state index contributed by atoms with van der Waals surface area (Å²) in [6.07, 6.45) is 0.377. The molecule has 6 nitrogen and oxygen atoms in total.